The van der Waals surface area contributed by atoms with Crippen LogP contribution in [-0.2, 0) is 10.8 Å². The Morgan fingerprint density at radius 3 is 1.84 bits per heavy atom. The van der Waals surface area contributed by atoms with E-state index in [4.69, 9.17) is 0 Å². The van der Waals surface area contributed by atoms with E-state index in [9.17, 15) is 0 Å². The predicted molar refractivity (Wildman–Crippen MR) is 215 cm³/mol. The number of rotatable bonds is 4. The van der Waals surface area contributed by atoms with Crippen LogP contribution >= 0.6 is 11.3 Å². The zero-order valence-corrected chi connectivity index (χ0v) is 29.6. The monoisotopic (exact) mass is 659 g/mol. The van der Waals surface area contributed by atoms with Crippen LogP contribution in [0.5, 0.6) is 0 Å². The van der Waals surface area contributed by atoms with Crippen molar-refractivity contribution in [1.29, 1.82) is 0 Å². The molecule has 0 radical (unpaired) electrons. The lowest BCUT2D eigenvalue weighted by Gasteiger charge is -2.30. The molecule has 1 heterocycles. The highest BCUT2D eigenvalue weighted by atomic mass is 32.1. The summed E-state index contributed by atoms with van der Waals surface area (Å²) < 4.78 is 2.68. The number of thiophene rings is 1. The van der Waals surface area contributed by atoms with Crippen molar-refractivity contribution in [2.24, 2.45) is 0 Å². The quantitative estimate of drug-likeness (QED) is 0.182. The van der Waals surface area contributed by atoms with Gasteiger partial charge in [-0.15, -0.1) is 11.3 Å². The Balaban J connectivity index is 1.18. The zero-order chi connectivity index (χ0) is 33.8. The predicted octanol–water partition coefficient (Wildman–Crippen LogP) is 13.8. The summed E-state index contributed by atoms with van der Waals surface area (Å²) in [6.07, 6.45) is 0. The minimum Gasteiger partial charge on any atom is -0.310 e. The van der Waals surface area contributed by atoms with Crippen molar-refractivity contribution in [3.05, 3.63) is 174 Å². The van der Waals surface area contributed by atoms with Crippen LogP contribution < -0.4 is 4.90 Å². The molecule has 50 heavy (non-hydrogen) atoms. The third-order valence-electron chi connectivity index (χ3n) is 11.5. The van der Waals surface area contributed by atoms with Gasteiger partial charge in [0.2, 0.25) is 0 Å². The normalized spacial score (nSPS) is 14.7. The summed E-state index contributed by atoms with van der Waals surface area (Å²) in [4.78, 5) is 2.50. The molecule has 0 amide bonds. The number of nitrogens with zero attached hydrogens (tertiary/aromatic N) is 1. The maximum absolute atomic E-state index is 2.50. The van der Waals surface area contributed by atoms with E-state index in [1.54, 1.807) is 0 Å². The molecule has 0 saturated carbocycles. The van der Waals surface area contributed by atoms with Gasteiger partial charge in [0.15, 0.2) is 0 Å². The summed E-state index contributed by atoms with van der Waals surface area (Å²) in [6.45, 7) is 9.44. The molecule has 0 bridgehead atoms. The molecule has 0 N–H and O–H groups in total. The van der Waals surface area contributed by atoms with E-state index in [0.29, 0.717) is 0 Å². The Kier molecular flexibility index (Phi) is 6.21. The van der Waals surface area contributed by atoms with Crippen LogP contribution in [0.1, 0.15) is 49.9 Å². The molecule has 240 valence electrons. The molecule has 0 atom stereocenters. The SMILES string of the molecule is CC1(C)c2ccccc2-c2cc(N(c3ccc(-c4cccc5c4sc4ccccc45)cc3)c3cccc4c3-c3ccccc3C4(C)C)ccc21. The van der Waals surface area contributed by atoms with Crippen molar-refractivity contribution >= 4 is 48.6 Å². The summed E-state index contributed by atoms with van der Waals surface area (Å²) in [5.74, 6) is 0. The van der Waals surface area contributed by atoms with Crippen LogP contribution in [0.2, 0.25) is 0 Å². The van der Waals surface area contributed by atoms with Crippen LogP contribution in [0.15, 0.2) is 152 Å². The topological polar surface area (TPSA) is 3.24 Å². The van der Waals surface area contributed by atoms with E-state index >= 15 is 0 Å². The van der Waals surface area contributed by atoms with E-state index in [0.717, 1.165) is 5.69 Å². The van der Waals surface area contributed by atoms with Crippen molar-refractivity contribution in [3.63, 3.8) is 0 Å². The van der Waals surface area contributed by atoms with Crippen LogP contribution in [0.4, 0.5) is 17.1 Å². The lowest BCUT2D eigenvalue weighted by molar-refractivity contribution is 0.660. The molecule has 1 aromatic heterocycles. The third kappa shape index (κ3) is 4.06. The zero-order valence-electron chi connectivity index (χ0n) is 28.8. The summed E-state index contributed by atoms with van der Waals surface area (Å²) in [7, 11) is 0. The first-order valence-corrected chi connectivity index (χ1v) is 18.4. The maximum atomic E-state index is 2.50. The smallest absolute Gasteiger partial charge is 0.0543 e. The van der Waals surface area contributed by atoms with Gasteiger partial charge in [-0.3, -0.25) is 0 Å². The lowest BCUT2D eigenvalue weighted by Crippen LogP contribution is -2.16. The van der Waals surface area contributed by atoms with Gasteiger partial charge in [0.1, 0.15) is 0 Å². The Hall–Kier alpha value is -5.44. The van der Waals surface area contributed by atoms with Crippen LogP contribution in [0, 0.1) is 0 Å². The first-order valence-electron chi connectivity index (χ1n) is 17.6. The van der Waals surface area contributed by atoms with E-state index < -0.39 is 0 Å². The molecule has 0 fully saturated rings. The molecule has 7 aromatic carbocycles. The molecule has 0 unspecified atom stereocenters. The average molecular weight is 660 g/mol. The summed E-state index contributed by atoms with van der Waals surface area (Å²) >= 11 is 1.89. The Bertz CT molecular complexity index is 2650. The molecule has 0 spiro atoms. The fourth-order valence-electron chi connectivity index (χ4n) is 8.96. The van der Waals surface area contributed by atoms with Gasteiger partial charge in [-0.2, -0.15) is 0 Å². The second kappa shape index (κ2) is 10.5. The fourth-order valence-corrected chi connectivity index (χ4v) is 10.2. The number of hydrogen-bond donors (Lipinski definition) is 0. The molecule has 0 aliphatic heterocycles. The lowest BCUT2D eigenvalue weighted by atomic mass is 9.82. The van der Waals surface area contributed by atoms with Crippen molar-refractivity contribution in [1.82, 2.24) is 0 Å². The van der Waals surface area contributed by atoms with Crippen molar-refractivity contribution in [2.75, 3.05) is 4.90 Å². The number of hydrogen-bond acceptors (Lipinski definition) is 2. The average Bonchev–Trinajstić information content (AvgIpc) is 3.72. The molecule has 0 saturated heterocycles. The van der Waals surface area contributed by atoms with Crippen LogP contribution in [0.25, 0.3) is 53.6 Å². The highest BCUT2D eigenvalue weighted by Crippen LogP contribution is 2.55. The first kappa shape index (κ1) is 29.5. The Labute approximate surface area is 298 Å². The standard InChI is InChI=1S/C48H37NS/c1-47(2)39-18-8-5-13-34(39)38-29-32(27-28-41(38)47)49(43-21-12-20-42-45(43)37-15-6-9-19-40(37)48(42,3)4)31-25-23-30(24-26-31)33-16-11-17-36-35-14-7-10-22-44(35)50-46(33)36/h5-29H,1-4H3. The molecule has 10 rings (SSSR count). The van der Waals surface area contributed by atoms with Gasteiger partial charge in [-0.25, -0.2) is 0 Å². The molecule has 2 aliphatic rings. The molecular formula is C48H37NS. The minimum atomic E-state index is -0.0820. The first-order chi connectivity index (χ1) is 24.3. The highest BCUT2D eigenvalue weighted by Gasteiger charge is 2.39. The molecular weight excluding hydrogens is 623 g/mol. The van der Waals surface area contributed by atoms with Crippen molar-refractivity contribution < 1.29 is 0 Å². The number of fused-ring (bicyclic) bond motifs is 9. The number of benzene rings is 7. The molecule has 8 aromatic rings. The van der Waals surface area contributed by atoms with Gasteiger partial charge in [0.25, 0.3) is 0 Å². The van der Waals surface area contributed by atoms with Crippen molar-refractivity contribution in [3.8, 4) is 33.4 Å². The second-order valence-electron chi connectivity index (χ2n) is 14.9. The fraction of sp³-hybridized carbons (Fsp3) is 0.125. The van der Waals surface area contributed by atoms with E-state index in [2.05, 4.69) is 184 Å². The summed E-state index contributed by atoms with van der Waals surface area (Å²) in [6, 6.07) is 56.7. The third-order valence-corrected chi connectivity index (χ3v) is 12.7. The van der Waals surface area contributed by atoms with Gasteiger partial charge in [0.05, 0.1) is 5.69 Å². The van der Waals surface area contributed by atoms with Crippen molar-refractivity contribution in [2.45, 2.75) is 38.5 Å². The summed E-state index contributed by atoms with van der Waals surface area (Å²) in [5.41, 5.74) is 16.8. The van der Waals surface area contributed by atoms with Crippen LogP contribution in [0.3, 0.4) is 0 Å². The van der Waals surface area contributed by atoms with Gasteiger partial charge in [-0.1, -0.05) is 143 Å². The Morgan fingerprint density at radius 2 is 1.02 bits per heavy atom. The summed E-state index contributed by atoms with van der Waals surface area (Å²) in [5, 5.41) is 2.66. The van der Waals surface area contributed by atoms with Gasteiger partial charge >= 0.3 is 0 Å². The van der Waals surface area contributed by atoms with E-state index in [1.165, 1.54) is 87.2 Å². The molecule has 2 aliphatic carbocycles. The maximum Gasteiger partial charge on any atom is 0.0543 e. The molecule has 1 nitrogen and oxygen atoms in total. The molecule has 2 heteroatoms. The second-order valence-corrected chi connectivity index (χ2v) is 16.0. The van der Waals surface area contributed by atoms with E-state index in [-0.39, 0.29) is 10.8 Å². The van der Waals surface area contributed by atoms with Gasteiger partial charge in [-0.05, 0) is 86.5 Å². The van der Waals surface area contributed by atoms with Gasteiger partial charge < -0.3 is 4.90 Å². The highest BCUT2D eigenvalue weighted by molar-refractivity contribution is 7.26. The van der Waals surface area contributed by atoms with E-state index in [1.807, 2.05) is 11.3 Å². The Morgan fingerprint density at radius 1 is 0.440 bits per heavy atom. The largest absolute Gasteiger partial charge is 0.310 e. The minimum absolute atomic E-state index is 0.0402. The van der Waals surface area contributed by atoms with Gasteiger partial charge in [0, 0.05) is 47.9 Å². The van der Waals surface area contributed by atoms with Crippen LogP contribution in [-0.4, -0.2) is 0 Å². The number of anilines is 3.